The van der Waals surface area contributed by atoms with Gasteiger partial charge < -0.3 is 4.90 Å². The third-order valence-corrected chi connectivity index (χ3v) is 3.37. The van der Waals surface area contributed by atoms with Gasteiger partial charge in [0.25, 0.3) is 0 Å². The average molecular weight is 252 g/mol. The van der Waals surface area contributed by atoms with Gasteiger partial charge >= 0.3 is 0 Å². The number of thioether (sulfide) groups is 1. The van der Waals surface area contributed by atoms with Crippen LogP contribution in [0, 0.1) is 0 Å². The zero-order chi connectivity index (χ0) is 12.0. The summed E-state index contributed by atoms with van der Waals surface area (Å²) in [5, 5.41) is 0. The Kier molecular flexibility index (Phi) is 5.49. The maximum Gasteiger partial charge on any atom is 0.162 e. The van der Waals surface area contributed by atoms with Crippen LogP contribution < -0.4 is 0 Å². The number of rotatable bonds is 2. The summed E-state index contributed by atoms with van der Waals surface area (Å²) in [6.07, 6.45) is 0. The molecular formula is C12H16N2S2. The Morgan fingerprint density at radius 3 is 2.50 bits per heavy atom. The molecule has 0 atom stereocenters. The normalized spacial score (nSPS) is 11.3. The minimum absolute atomic E-state index is 0.690. The second-order valence-corrected chi connectivity index (χ2v) is 5.20. The summed E-state index contributed by atoms with van der Waals surface area (Å²) in [6.45, 7) is 1.95. The van der Waals surface area contributed by atoms with Crippen molar-refractivity contribution in [3.63, 3.8) is 0 Å². The van der Waals surface area contributed by atoms with Crippen LogP contribution in [0.4, 0.5) is 0 Å². The average Bonchev–Trinajstić information content (AvgIpc) is 2.27. The molecule has 0 saturated heterocycles. The molecule has 1 aromatic rings. The van der Waals surface area contributed by atoms with E-state index < -0.39 is 0 Å². The number of nitrogens with zero attached hydrogens (tertiary/aromatic N) is 2. The second kappa shape index (κ2) is 6.66. The quantitative estimate of drug-likeness (QED) is 0.457. The largest absolute Gasteiger partial charge is 0.366 e. The summed E-state index contributed by atoms with van der Waals surface area (Å²) in [4.78, 5) is 6.28. The van der Waals surface area contributed by atoms with Crippen molar-refractivity contribution in [1.29, 1.82) is 0 Å². The molecule has 0 aromatic heterocycles. The Labute approximate surface area is 107 Å². The Bertz CT molecular complexity index is 372. The maximum absolute atomic E-state index is 5.20. The van der Waals surface area contributed by atoms with Gasteiger partial charge in [0.1, 0.15) is 5.84 Å². The van der Waals surface area contributed by atoms with E-state index in [1.165, 1.54) is 5.56 Å². The van der Waals surface area contributed by atoms with E-state index in [9.17, 15) is 0 Å². The van der Waals surface area contributed by atoms with Gasteiger partial charge in [0, 0.05) is 19.8 Å². The summed E-state index contributed by atoms with van der Waals surface area (Å²) in [6, 6.07) is 10.3. The Morgan fingerprint density at radius 1 is 1.31 bits per heavy atom. The van der Waals surface area contributed by atoms with Gasteiger partial charge in [-0.25, -0.2) is 4.99 Å². The van der Waals surface area contributed by atoms with Crippen LogP contribution in [0.1, 0.15) is 12.5 Å². The van der Waals surface area contributed by atoms with Crippen molar-refractivity contribution < 1.29 is 0 Å². The van der Waals surface area contributed by atoms with Crippen molar-refractivity contribution in [2.45, 2.75) is 12.7 Å². The SMILES string of the molecule is C/C(=N\C(=S)SCc1ccccc1)N(C)C. The van der Waals surface area contributed by atoms with Gasteiger partial charge in [-0.05, 0) is 12.5 Å². The number of aliphatic imine (C=N–C) groups is 1. The van der Waals surface area contributed by atoms with Gasteiger partial charge in [-0.3, -0.25) is 0 Å². The first-order chi connectivity index (χ1) is 7.59. The topological polar surface area (TPSA) is 15.6 Å². The molecule has 0 unspecified atom stereocenters. The van der Waals surface area contributed by atoms with E-state index in [1.54, 1.807) is 11.8 Å². The van der Waals surface area contributed by atoms with E-state index >= 15 is 0 Å². The van der Waals surface area contributed by atoms with Crippen molar-refractivity contribution >= 4 is 34.1 Å². The van der Waals surface area contributed by atoms with Crippen molar-refractivity contribution in [2.24, 2.45) is 4.99 Å². The molecular weight excluding hydrogens is 236 g/mol. The van der Waals surface area contributed by atoms with Gasteiger partial charge in [-0.2, -0.15) is 0 Å². The van der Waals surface area contributed by atoms with Crippen LogP contribution in [0.25, 0.3) is 0 Å². The molecule has 0 aliphatic carbocycles. The number of hydrogen-bond donors (Lipinski definition) is 0. The highest BCUT2D eigenvalue weighted by atomic mass is 32.2. The number of thiocarbonyl (C=S) groups is 1. The van der Waals surface area contributed by atoms with Crippen molar-refractivity contribution in [2.75, 3.05) is 14.1 Å². The molecule has 0 N–H and O–H groups in total. The van der Waals surface area contributed by atoms with Gasteiger partial charge in [0.15, 0.2) is 4.32 Å². The summed E-state index contributed by atoms with van der Waals surface area (Å²) in [7, 11) is 3.92. The fourth-order valence-corrected chi connectivity index (χ4v) is 1.97. The zero-order valence-electron chi connectivity index (χ0n) is 9.80. The molecule has 0 heterocycles. The molecule has 0 spiro atoms. The minimum atomic E-state index is 0.690. The second-order valence-electron chi connectivity index (χ2n) is 3.59. The van der Waals surface area contributed by atoms with E-state index in [1.807, 2.05) is 44.1 Å². The fourth-order valence-electron chi connectivity index (χ4n) is 0.984. The highest BCUT2D eigenvalue weighted by molar-refractivity contribution is 8.22. The Morgan fingerprint density at radius 2 is 1.94 bits per heavy atom. The molecule has 0 radical (unpaired) electrons. The Balaban J connectivity index is 2.45. The van der Waals surface area contributed by atoms with Crippen LogP contribution in [0.3, 0.4) is 0 Å². The van der Waals surface area contributed by atoms with Crippen LogP contribution in [0.15, 0.2) is 35.3 Å². The van der Waals surface area contributed by atoms with Gasteiger partial charge in [0.05, 0.1) is 0 Å². The molecule has 0 bridgehead atoms. The molecule has 4 heteroatoms. The first kappa shape index (κ1) is 13.2. The molecule has 0 aliphatic heterocycles. The van der Waals surface area contributed by atoms with E-state index in [2.05, 4.69) is 17.1 Å². The first-order valence-electron chi connectivity index (χ1n) is 5.03. The molecule has 86 valence electrons. The van der Waals surface area contributed by atoms with Crippen LogP contribution in [0.2, 0.25) is 0 Å². The number of amidine groups is 1. The number of benzene rings is 1. The summed E-state index contributed by atoms with van der Waals surface area (Å²) >= 11 is 6.79. The molecule has 0 fully saturated rings. The molecule has 16 heavy (non-hydrogen) atoms. The lowest BCUT2D eigenvalue weighted by molar-refractivity contribution is 0.620. The third kappa shape index (κ3) is 4.77. The van der Waals surface area contributed by atoms with Crippen LogP contribution in [0.5, 0.6) is 0 Å². The van der Waals surface area contributed by atoms with E-state index in [0.717, 1.165) is 11.6 Å². The standard InChI is InChI=1S/C12H16N2S2/c1-10(14(2)3)13-12(15)16-9-11-7-5-4-6-8-11/h4-8H,9H2,1-3H3/b13-10+. The lowest BCUT2D eigenvalue weighted by Crippen LogP contribution is -2.19. The third-order valence-electron chi connectivity index (χ3n) is 2.11. The van der Waals surface area contributed by atoms with Crippen molar-refractivity contribution in [3.8, 4) is 0 Å². The summed E-state index contributed by atoms with van der Waals surface area (Å²) in [5.74, 6) is 1.81. The molecule has 0 amide bonds. The van der Waals surface area contributed by atoms with Gasteiger partial charge in [-0.1, -0.05) is 54.3 Å². The number of hydrogen-bond acceptors (Lipinski definition) is 2. The predicted molar refractivity (Wildman–Crippen MR) is 77.1 cm³/mol. The maximum atomic E-state index is 5.20. The lowest BCUT2D eigenvalue weighted by atomic mass is 10.2. The zero-order valence-corrected chi connectivity index (χ0v) is 11.4. The molecule has 1 aromatic carbocycles. The van der Waals surface area contributed by atoms with Crippen LogP contribution in [-0.2, 0) is 5.75 Å². The summed E-state index contributed by atoms with van der Waals surface area (Å²) < 4.78 is 0.690. The molecule has 0 aliphatic rings. The monoisotopic (exact) mass is 252 g/mol. The first-order valence-corrected chi connectivity index (χ1v) is 6.42. The minimum Gasteiger partial charge on any atom is -0.366 e. The van der Waals surface area contributed by atoms with E-state index in [4.69, 9.17) is 12.2 Å². The van der Waals surface area contributed by atoms with Crippen LogP contribution in [-0.4, -0.2) is 29.2 Å². The summed E-state index contributed by atoms with van der Waals surface area (Å²) in [5.41, 5.74) is 1.27. The predicted octanol–water partition coefficient (Wildman–Crippen LogP) is 3.18. The van der Waals surface area contributed by atoms with Gasteiger partial charge in [0.2, 0.25) is 0 Å². The van der Waals surface area contributed by atoms with Crippen molar-refractivity contribution in [3.05, 3.63) is 35.9 Å². The van der Waals surface area contributed by atoms with E-state index in [-0.39, 0.29) is 0 Å². The van der Waals surface area contributed by atoms with Crippen LogP contribution >= 0.6 is 24.0 Å². The highest BCUT2D eigenvalue weighted by Crippen LogP contribution is 2.14. The smallest absolute Gasteiger partial charge is 0.162 e. The molecule has 2 nitrogen and oxygen atoms in total. The fraction of sp³-hybridized carbons (Fsp3) is 0.333. The highest BCUT2D eigenvalue weighted by Gasteiger charge is 1.99. The van der Waals surface area contributed by atoms with Gasteiger partial charge in [-0.15, -0.1) is 0 Å². The van der Waals surface area contributed by atoms with Crippen molar-refractivity contribution in [1.82, 2.24) is 4.90 Å². The Hall–Kier alpha value is -0.870. The molecule has 1 rings (SSSR count). The molecule has 0 saturated carbocycles. The lowest BCUT2D eigenvalue weighted by Gasteiger charge is -2.10. The van der Waals surface area contributed by atoms with E-state index in [0.29, 0.717) is 4.32 Å².